The third-order valence-electron chi connectivity index (χ3n) is 3.63. The second-order valence-corrected chi connectivity index (χ2v) is 7.34. The number of hydrogen-bond donors (Lipinski definition) is 1. The van der Waals surface area contributed by atoms with Gasteiger partial charge in [0.1, 0.15) is 5.54 Å². The molecule has 20 heavy (non-hydrogen) atoms. The Balaban J connectivity index is 2.71. The summed E-state index contributed by atoms with van der Waals surface area (Å²) in [5.41, 5.74) is -1.31. The molecule has 0 atom stereocenters. The number of carboxylic acids is 1. The van der Waals surface area contributed by atoms with E-state index in [0.717, 1.165) is 11.2 Å². The van der Waals surface area contributed by atoms with Crippen LogP contribution in [0.3, 0.4) is 0 Å². The number of aliphatic carboxylic acids is 1. The highest BCUT2D eigenvalue weighted by molar-refractivity contribution is 7.88. The van der Waals surface area contributed by atoms with Crippen molar-refractivity contribution in [3.63, 3.8) is 0 Å². The zero-order chi connectivity index (χ0) is 15.7. The lowest BCUT2D eigenvalue weighted by atomic mass is 10.0. The average Bonchev–Trinajstić information content (AvgIpc) is 2.35. The number of likely N-dealkylation sites (N-methyl/N-ethyl adjacent to an activating group) is 1. The van der Waals surface area contributed by atoms with Crippen molar-refractivity contribution in [3.8, 4) is 0 Å². The molecule has 1 saturated heterocycles. The molecule has 9 heteroatoms. The van der Waals surface area contributed by atoms with Gasteiger partial charge < -0.3 is 14.9 Å². The molecule has 0 saturated carbocycles. The fraction of sp³-hybridized carbons (Fsp3) is 0.818. The number of carboxylic acid groups (broad SMARTS) is 1. The lowest BCUT2D eigenvalue weighted by Gasteiger charge is -2.39. The van der Waals surface area contributed by atoms with Gasteiger partial charge in [0.25, 0.3) is 0 Å². The first-order valence-electron chi connectivity index (χ1n) is 6.19. The summed E-state index contributed by atoms with van der Waals surface area (Å²) in [7, 11) is -1.82. The van der Waals surface area contributed by atoms with Crippen LogP contribution >= 0.6 is 0 Å². The maximum absolute atomic E-state index is 12.2. The van der Waals surface area contributed by atoms with Crippen molar-refractivity contribution in [2.75, 3.05) is 39.5 Å². The molecule has 1 heterocycles. The van der Waals surface area contributed by atoms with E-state index in [4.69, 9.17) is 5.11 Å². The molecule has 0 aromatic rings. The normalized spacial score (nSPS) is 17.9. The quantitative estimate of drug-likeness (QED) is 0.756. The van der Waals surface area contributed by atoms with Crippen LogP contribution in [-0.4, -0.2) is 84.7 Å². The molecule has 1 aliphatic heterocycles. The Hall–Kier alpha value is -1.35. The van der Waals surface area contributed by atoms with E-state index >= 15 is 0 Å². The average molecular weight is 307 g/mol. The van der Waals surface area contributed by atoms with E-state index in [0.29, 0.717) is 0 Å². The number of carbonyl (C=O) groups is 2. The summed E-state index contributed by atoms with van der Waals surface area (Å²) in [6, 6.07) is -0.412. The minimum Gasteiger partial charge on any atom is -0.480 e. The van der Waals surface area contributed by atoms with Gasteiger partial charge >= 0.3 is 12.0 Å². The summed E-state index contributed by atoms with van der Waals surface area (Å²) in [6.45, 7) is 3.86. The summed E-state index contributed by atoms with van der Waals surface area (Å²) in [5.74, 6) is -1.09. The zero-order valence-corrected chi connectivity index (χ0v) is 13.0. The van der Waals surface area contributed by atoms with Crippen molar-refractivity contribution >= 4 is 22.0 Å². The Morgan fingerprint density at radius 2 is 1.60 bits per heavy atom. The number of hydrogen-bond acceptors (Lipinski definition) is 4. The maximum Gasteiger partial charge on any atom is 0.329 e. The molecule has 1 aliphatic rings. The fourth-order valence-corrected chi connectivity index (χ4v) is 2.63. The van der Waals surface area contributed by atoms with Crippen LogP contribution in [0, 0.1) is 0 Å². The summed E-state index contributed by atoms with van der Waals surface area (Å²) >= 11 is 0. The van der Waals surface area contributed by atoms with Crippen LogP contribution in [-0.2, 0) is 14.8 Å². The first-order chi connectivity index (χ1) is 8.98. The summed E-state index contributed by atoms with van der Waals surface area (Å²) in [4.78, 5) is 26.0. The molecule has 0 aromatic heterocycles. The van der Waals surface area contributed by atoms with Gasteiger partial charge in [0.05, 0.1) is 6.26 Å². The molecule has 0 aliphatic carbocycles. The molecule has 0 bridgehead atoms. The largest absolute Gasteiger partial charge is 0.480 e. The molecule has 0 aromatic carbocycles. The Morgan fingerprint density at radius 3 is 1.95 bits per heavy atom. The molecule has 0 unspecified atom stereocenters. The zero-order valence-electron chi connectivity index (χ0n) is 12.2. The van der Waals surface area contributed by atoms with E-state index in [9.17, 15) is 18.0 Å². The molecule has 116 valence electrons. The van der Waals surface area contributed by atoms with E-state index in [1.54, 1.807) is 0 Å². The molecule has 2 amide bonds. The summed E-state index contributed by atoms with van der Waals surface area (Å²) < 4.78 is 24.1. The van der Waals surface area contributed by atoms with Crippen LogP contribution in [0.15, 0.2) is 0 Å². The highest BCUT2D eigenvalue weighted by Gasteiger charge is 2.38. The van der Waals surface area contributed by atoms with Crippen molar-refractivity contribution in [1.29, 1.82) is 0 Å². The molecule has 0 radical (unpaired) electrons. The first kappa shape index (κ1) is 16.7. The van der Waals surface area contributed by atoms with Gasteiger partial charge in [-0.15, -0.1) is 0 Å². The van der Waals surface area contributed by atoms with Gasteiger partial charge in [0.15, 0.2) is 0 Å². The van der Waals surface area contributed by atoms with E-state index in [2.05, 4.69) is 0 Å². The van der Waals surface area contributed by atoms with Crippen LogP contribution in [0.25, 0.3) is 0 Å². The van der Waals surface area contributed by atoms with Gasteiger partial charge in [-0.25, -0.2) is 18.0 Å². The molecule has 1 N–H and O–H groups in total. The van der Waals surface area contributed by atoms with Gasteiger partial charge in [0.2, 0.25) is 10.0 Å². The second-order valence-electron chi connectivity index (χ2n) is 5.35. The van der Waals surface area contributed by atoms with Gasteiger partial charge in [-0.05, 0) is 13.8 Å². The number of carbonyl (C=O) groups excluding carboxylic acids is 1. The predicted molar refractivity (Wildman–Crippen MR) is 72.9 cm³/mol. The number of nitrogens with zero attached hydrogens (tertiary/aromatic N) is 3. The van der Waals surface area contributed by atoms with Gasteiger partial charge in [0, 0.05) is 33.2 Å². The smallest absolute Gasteiger partial charge is 0.329 e. The van der Waals surface area contributed by atoms with E-state index in [1.807, 2.05) is 0 Å². The van der Waals surface area contributed by atoms with E-state index < -0.39 is 27.6 Å². The Labute approximate surface area is 119 Å². The Kier molecular flexibility index (Phi) is 4.65. The standard InChI is InChI=1S/C11H21N3O5S/c1-11(2,9(15)16)12(3)10(17)13-5-7-14(8-6-13)20(4,18)19/h5-8H2,1-4H3,(H,15,16). The molecular formula is C11H21N3O5S. The van der Waals surface area contributed by atoms with Crippen LogP contribution in [0.5, 0.6) is 0 Å². The van der Waals surface area contributed by atoms with Crippen molar-refractivity contribution in [1.82, 2.24) is 14.1 Å². The van der Waals surface area contributed by atoms with Crippen molar-refractivity contribution < 1.29 is 23.1 Å². The van der Waals surface area contributed by atoms with Crippen LogP contribution in [0.4, 0.5) is 4.79 Å². The molecular weight excluding hydrogens is 286 g/mol. The van der Waals surface area contributed by atoms with Crippen LogP contribution < -0.4 is 0 Å². The molecule has 0 spiro atoms. The Morgan fingerprint density at radius 1 is 1.15 bits per heavy atom. The third kappa shape index (κ3) is 3.40. The maximum atomic E-state index is 12.2. The van der Waals surface area contributed by atoms with Crippen molar-refractivity contribution in [3.05, 3.63) is 0 Å². The van der Waals surface area contributed by atoms with Crippen molar-refractivity contribution in [2.24, 2.45) is 0 Å². The van der Waals surface area contributed by atoms with Gasteiger partial charge in [-0.2, -0.15) is 4.31 Å². The monoisotopic (exact) mass is 307 g/mol. The predicted octanol–water partition coefficient (Wildman–Crippen LogP) is -0.521. The second kappa shape index (κ2) is 5.57. The van der Waals surface area contributed by atoms with Gasteiger partial charge in [-0.1, -0.05) is 0 Å². The molecule has 1 rings (SSSR count). The number of rotatable bonds is 3. The highest BCUT2D eigenvalue weighted by Crippen LogP contribution is 2.16. The van der Waals surface area contributed by atoms with E-state index in [-0.39, 0.29) is 26.2 Å². The lowest BCUT2D eigenvalue weighted by Crippen LogP contribution is -2.58. The number of piperazine rings is 1. The van der Waals surface area contributed by atoms with E-state index in [1.165, 1.54) is 30.1 Å². The number of amides is 2. The first-order valence-corrected chi connectivity index (χ1v) is 8.04. The van der Waals surface area contributed by atoms with Crippen LogP contribution in [0.1, 0.15) is 13.8 Å². The van der Waals surface area contributed by atoms with Crippen LogP contribution in [0.2, 0.25) is 0 Å². The minimum absolute atomic E-state index is 0.228. The molecule has 1 fully saturated rings. The van der Waals surface area contributed by atoms with Gasteiger partial charge in [-0.3, -0.25) is 0 Å². The third-order valence-corrected chi connectivity index (χ3v) is 4.93. The molecule has 8 nitrogen and oxygen atoms in total. The highest BCUT2D eigenvalue weighted by atomic mass is 32.2. The lowest BCUT2D eigenvalue weighted by molar-refractivity contribution is -0.147. The SMILES string of the molecule is CN(C(=O)N1CCN(S(C)(=O)=O)CC1)C(C)(C)C(=O)O. The topological polar surface area (TPSA) is 98.2 Å². The van der Waals surface area contributed by atoms with Crippen molar-refractivity contribution in [2.45, 2.75) is 19.4 Å². The summed E-state index contributed by atoms with van der Waals surface area (Å²) in [5, 5.41) is 9.11. The summed E-state index contributed by atoms with van der Waals surface area (Å²) in [6.07, 6.45) is 1.13. The number of urea groups is 1. The minimum atomic E-state index is -3.25. The number of sulfonamides is 1. The fourth-order valence-electron chi connectivity index (χ4n) is 1.81. The Bertz CT molecular complexity index is 494.